The van der Waals surface area contributed by atoms with Gasteiger partial charge in [-0.1, -0.05) is 17.4 Å². The van der Waals surface area contributed by atoms with Crippen molar-refractivity contribution in [3.63, 3.8) is 0 Å². The molecule has 0 aromatic carbocycles. The van der Waals surface area contributed by atoms with Crippen molar-refractivity contribution in [3.8, 4) is 10.7 Å². The second-order valence-electron chi connectivity index (χ2n) is 2.55. The highest BCUT2D eigenvalue weighted by Crippen LogP contribution is 2.14. The summed E-state index contributed by atoms with van der Waals surface area (Å²) in [7, 11) is 1.76. The van der Waals surface area contributed by atoms with Crippen LogP contribution in [0.5, 0.6) is 0 Å². The average molecular weight is 192 g/mol. The van der Waals surface area contributed by atoms with Crippen molar-refractivity contribution in [1.82, 2.24) is 14.8 Å². The van der Waals surface area contributed by atoms with Gasteiger partial charge in [-0.2, -0.15) is 5.10 Å². The number of hydrogen-bond donors (Lipinski definition) is 1. The third-order valence-electron chi connectivity index (χ3n) is 1.61. The summed E-state index contributed by atoms with van der Waals surface area (Å²) in [6.07, 6.45) is 1.72. The molecule has 0 aliphatic rings. The van der Waals surface area contributed by atoms with Crippen LogP contribution in [0.2, 0.25) is 0 Å². The van der Waals surface area contributed by atoms with Crippen molar-refractivity contribution < 1.29 is 0 Å². The Kier molecular flexibility index (Phi) is 1.94. The minimum atomic E-state index is 0.431. The number of pyridine rings is 1. The Bertz CT molecular complexity index is 456. The van der Waals surface area contributed by atoms with Gasteiger partial charge in [0.25, 0.3) is 0 Å². The van der Waals surface area contributed by atoms with E-state index in [1.54, 1.807) is 13.2 Å². The molecule has 0 saturated carbocycles. The molecule has 2 rings (SSSR count). The van der Waals surface area contributed by atoms with Gasteiger partial charge in [0.15, 0.2) is 9.81 Å². The van der Waals surface area contributed by atoms with Crippen molar-refractivity contribution in [2.24, 2.45) is 7.05 Å². The van der Waals surface area contributed by atoms with Gasteiger partial charge in [-0.3, -0.25) is 10.4 Å². The van der Waals surface area contributed by atoms with Crippen LogP contribution < -0.4 is 4.80 Å². The van der Waals surface area contributed by atoms with Gasteiger partial charge < -0.3 is 0 Å². The maximum atomic E-state index is 7.48. The molecule has 0 fully saturated rings. The molecule has 0 radical (unpaired) electrons. The molecule has 0 atom stereocenters. The van der Waals surface area contributed by atoms with E-state index < -0.39 is 0 Å². The summed E-state index contributed by atoms with van der Waals surface area (Å²) >= 11 is 1.32. The van der Waals surface area contributed by atoms with Gasteiger partial charge in [0.1, 0.15) is 5.69 Å². The first-order chi connectivity index (χ1) is 6.27. The summed E-state index contributed by atoms with van der Waals surface area (Å²) in [6.45, 7) is 0. The Morgan fingerprint density at radius 1 is 1.46 bits per heavy atom. The topological polar surface area (TPSA) is 54.6 Å². The zero-order chi connectivity index (χ0) is 9.26. The van der Waals surface area contributed by atoms with Crippen LogP contribution in [0.1, 0.15) is 0 Å². The van der Waals surface area contributed by atoms with Crippen LogP contribution in [0, 0.1) is 5.41 Å². The van der Waals surface area contributed by atoms with Gasteiger partial charge >= 0.3 is 0 Å². The fourth-order valence-electron chi connectivity index (χ4n) is 0.952. The maximum Gasteiger partial charge on any atom is 0.200 e. The highest BCUT2D eigenvalue weighted by atomic mass is 32.1. The van der Waals surface area contributed by atoms with E-state index in [-0.39, 0.29) is 0 Å². The molecule has 0 bridgehead atoms. The molecule has 2 aromatic rings. The molecule has 0 spiro atoms. The van der Waals surface area contributed by atoms with Gasteiger partial charge in [0, 0.05) is 13.2 Å². The molecule has 5 heteroatoms. The first-order valence-corrected chi connectivity index (χ1v) is 4.59. The van der Waals surface area contributed by atoms with Crippen molar-refractivity contribution >= 4 is 11.3 Å². The lowest BCUT2D eigenvalue weighted by molar-refractivity contribution is 0.722. The Morgan fingerprint density at radius 3 is 2.85 bits per heavy atom. The lowest BCUT2D eigenvalue weighted by atomic mass is 10.4. The van der Waals surface area contributed by atoms with Crippen LogP contribution in [0.25, 0.3) is 10.7 Å². The highest BCUT2D eigenvalue weighted by molar-refractivity contribution is 7.12. The van der Waals surface area contributed by atoms with E-state index in [0.29, 0.717) is 4.80 Å². The van der Waals surface area contributed by atoms with Crippen LogP contribution >= 0.6 is 11.3 Å². The van der Waals surface area contributed by atoms with Gasteiger partial charge in [-0.25, -0.2) is 4.68 Å². The Morgan fingerprint density at radius 2 is 2.31 bits per heavy atom. The third kappa shape index (κ3) is 1.50. The fourth-order valence-corrected chi connectivity index (χ4v) is 1.70. The molecule has 2 heterocycles. The zero-order valence-corrected chi connectivity index (χ0v) is 7.88. The predicted octanol–water partition coefficient (Wildman–Crippen LogP) is 1.02. The largest absolute Gasteiger partial charge is 0.274 e. The van der Waals surface area contributed by atoms with E-state index in [1.807, 2.05) is 18.2 Å². The maximum absolute atomic E-state index is 7.48. The number of aromatic nitrogens is 3. The highest BCUT2D eigenvalue weighted by Gasteiger charge is 2.03. The molecule has 4 nitrogen and oxygen atoms in total. The summed E-state index contributed by atoms with van der Waals surface area (Å²) in [5.41, 5.74) is 0.821. The Balaban J connectivity index is 2.54. The zero-order valence-electron chi connectivity index (χ0n) is 7.06. The number of aryl methyl sites for hydroxylation is 1. The quantitative estimate of drug-likeness (QED) is 0.733. The first kappa shape index (κ1) is 8.12. The van der Waals surface area contributed by atoms with E-state index in [4.69, 9.17) is 5.41 Å². The summed E-state index contributed by atoms with van der Waals surface area (Å²) in [5, 5.41) is 12.4. The molecule has 0 saturated heterocycles. The van der Waals surface area contributed by atoms with Gasteiger partial charge in [-0.15, -0.1) is 0 Å². The monoisotopic (exact) mass is 192 g/mol. The molecule has 0 aliphatic heterocycles. The Hall–Kier alpha value is -1.49. The van der Waals surface area contributed by atoms with Gasteiger partial charge in [-0.05, 0) is 12.1 Å². The van der Waals surface area contributed by atoms with Crippen molar-refractivity contribution in [1.29, 1.82) is 5.41 Å². The number of nitrogens with one attached hydrogen (secondary N) is 1. The molecule has 1 N–H and O–H groups in total. The lowest BCUT2D eigenvalue weighted by Crippen LogP contribution is -2.08. The van der Waals surface area contributed by atoms with Crippen LogP contribution in [0.15, 0.2) is 24.4 Å². The number of hydrogen-bond acceptors (Lipinski definition) is 4. The summed E-state index contributed by atoms with van der Waals surface area (Å²) in [5.74, 6) is 0. The van der Waals surface area contributed by atoms with E-state index in [2.05, 4.69) is 10.1 Å². The molecule has 13 heavy (non-hydrogen) atoms. The van der Waals surface area contributed by atoms with Crippen LogP contribution in [-0.4, -0.2) is 14.8 Å². The van der Waals surface area contributed by atoms with Crippen LogP contribution in [0.4, 0.5) is 0 Å². The van der Waals surface area contributed by atoms with Gasteiger partial charge in [0.05, 0.1) is 0 Å². The summed E-state index contributed by atoms with van der Waals surface area (Å²) in [6, 6.07) is 5.66. The molecule has 0 amide bonds. The van der Waals surface area contributed by atoms with E-state index in [9.17, 15) is 0 Å². The minimum absolute atomic E-state index is 0.431. The van der Waals surface area contributed by atoms with Crippen molar-refractivity contribution in [2.75, 3.05) is 0 Å². The molecular formula is C8H8N4S. The van der Waals surface area contributed by atoms with E-state index in [1.165, 1.54) is 16.0 Å². The first-order valence-electron chi connectivity index (χ1n) is 3.77. The lowest BCUT2D eigenvalue weighted by Gasteiger charge is -1.90. The number of rotatable bonds is 1. The molecule has 0 aliphatic carbocycles. The standard InChI is InChI=1S/C8H8N4S/c1-12-8(9)13-7(11-12)6-4-2-3-5-10-6/h2-5,9H,1H3. The molecular weight excluding hydrogens is 184 g/mol. The molecule has 0 unspecified atom stereocenters. The summed E-state index contributed by atoms with van der Waals surface area (Å²) < 4.78 is 1.54. The number of nitrogens with zero attached hydrogens (tertiary/aromatic N) is 3. The normalized spacial score (nSPS) is 10.2. The van der Waals surface area contributed by atoms with E-state index in [0.717, 1.165) is 10.7 Å². The van der Waals surface area contributed by atoms with Crippen molar-refractivity contribution in [2.45, 2.75) is 0 Å². The SMILES string of the molecule is Cn1nc(-c2ccccn2)sc1=N. The third-order valence-corrected chi connectivity index (χ3v) is 2.55. The Labute approximate surface area is 79.0 Å². The van der Waals surface area contributed by atoms with Gasteiger partial charge in [0.2, 0.25) is 0 Å². The average Bonchev–Trinajstić information content (AvgIpc) is 2.49. The van der Waals surface area contributed by atoms with Crippen LogP contribution in [0.3, 0.4) is 0 Å². The molecule has 66 valence electrons. The van der Waals surface area contributed by atoms with Crippen molar-refractivity contribution in [3.05, 3.63) is 29.2 Å². The predicted molar refractivity (Wildman–Crippen MR) is 50.2 cm³/mol. The minimum Gasteiger partial charge on any atom is -0.274 e. The summed E-state index contributed by atoms with van der Waals surface area (Å²) in [4.78, 5) is 4.59. The van der Waals surface area contributed by atoms with Crippen LogP contribution in [-0.2, 0) is 7.05 Å². The second kappa shape index (κ2) is 3.10. The van der Waals surface area contributed by atoms with E-state index >= 15 is 0 Å². The second-order valence-corrected chi connectivity index (χ2v) is 3.53. The molecule has 2 aromatic heterocycles. The smallest absolute Gasteiger partial charge is 0.200 e. The fraction of sp³-hybridized carbons (Fsp3) is 0.125.